The highest BCUT2D eigenvalue weighted by molar-refractivity contribution is 9.10. The average molecular weight is 306 g/mol. The van der Waals surface area contributed by atoms with Crippen LogP contribution in [0.25, 0.3) is 0 Å². The molecular formula is C11H14BrClN2O. The third-order valence-electron chi connectivity index (χ3n) is 2.05. The second-order valence-corrected chi connectivity index (χ2v) is 5.11. The van der Waals surface area contributed by atoms with Crippen LogP contribution in [0.3, 0.4) is 0 Å². The van der Waals surface area contributed by atoms with Gasteiger partial charge in [0.15, 0.2) is 0 Å². The molecule has 5 heteroatoms. The maximum atomic E-state index is 11.4. The van der Waals surface area contributed by atoms with Crippen molar-refractivity contribution in [1.29, 1.82) is 0 Å². The fourth-order valence-electron chi connectivity index (χ4n) is 1.39. The van der Waals surface area contributed by atoms with Gasteiger partial charge < -0.3 is 5.73 Å². The Balaban J connectivity index is 3.10. The molecule has 3 nitrogen and oxygen atoms in total. The van der Waals surface area contributed by atoms with Crippen molar-refractivity contribution in [2.75, 3.05) is 0 Å². The molecule has 0 aromatic heterocycles. The van der Waals surface area contributed by atoms with E-state index in [1.165, 1.54) is 0 Å². The van der Waals surface area contributed by atoms with Crippen molar-refractivity contribution in [2.24, 2.45) is 5.73 Å². The summed E-state index contributed by atoms with van der Waals surface area (Å²) in [5.74, 6) is -0.420. The summed E-state index contributed by atoms with van der Waals surface area (Å²) in [6.07, 6.45) is 0. The van der Waals surface area contributed by atoms with Gasteiger partial charge in [-0.1, -0.05) is 27.5 Å². The second-order valence-electron chi connectivity index (χ2n) is 3.82. The summed E-state index contributed by atoms with van der Waals surface area (Å²) in [6.45, 7) is 3.91. The van der Waals surface area contributed by atoms with Crippen molar-refractivity contribution < 1.29 is 4.79 Å². The molecule has 0 spiro atoms. The summed E-state index contributed by atoms with van der Waals surface area (Å²) in [5, 5.41) is 3.68. The number of hydrogen-bond donors (Lipinski definition) is 2. The maximum Gasteiger partial charge on any atom is 0.239 e. The van der Waals surface area contributed by atoms with E-state index in [1.807, 2.05) is 13.8 Å². The van der Waals surface area contributed by atoms with Gasteiger partial charge in [-0.15, -0.1) is 0 Å². The Morgan fingerprint density at radius 1 is 1.50 bits per heavy atom. The first-order valence-corrected chi connectivity index (χ1v) is 6.09. The minimum Gasteiger partial charge on any atom is -0.368 e. The highest BCUT2D eigenvalue weighted by Crippen LogP contribution is 2.27. The molecule has 0 aliphatic carbocycles. The monoisotopic (exact) mass is 304 g/mol. The number of benzene rings is 1. The van der Waals surface area contributed by atoms with Gasteiger partial charge in [0.05, 0.1) is 0 Å². The normalized spacial score (nSPS) is 12.8. The fourth-order valence-corrected chi connectivity index (χ4v) is 2.05. The fraction of sp³-hybridized carbons (Fsp3) is 0.364. The molecule has 3 N–H and O–H groups in total. The lowest BCUT2D eigenvalue weighted by Crippen LogP contribution is -2.37. The SMILES string of the molecule is CC(C)NC(C(N)=O)c1cc(Cl)ccc1Br. The van der Waals surface area contributed by atoms with Crippen LogP contribution in [-0.4, -0.2) is 11.9 Å². The van der Waals surface area contributed by atoms with Crippen LogP contribution in [-0.2, 0) is 4.79 Å². The Kier molecular flexibility index (Phi) is 4.77. The van der Waals surface area contributed by atoms with E-state index in [0.717, 1.165) is 10.0 Å². The number of halogens is 2. The van der Waals surface area contributed by atoms with E-state index >= 15 is 0 Å². The predicted molar refractivity (Wildman–Crippen MR) is 69.4 cm³/mol. The van der Waals surface area contributed by atoms with Crippen molar-refractivity contribution in [3.05, 3.63) is 33.3 Å². The summed E-state index contributed by atoms with van der Waals surface area (Å²) in [6, 6.07) is 4.91. The molecule has 0 fully saturated rings. The summed E-state index contributed by atoms with van der Waals surface area (Å²) in [5.41, 5.74) is 6.13. The van der Waals surface area contributed by atoms with E-state index in [4.69, 9.17) is 17.3 Å². The zero-order valence-corrected chi connectivity index (χ0v) is 11.5. The third-order valence-corrected chi connectivity index (χ3v) is 3.01. The third kappa shape index (κ3) is 3.47. The summed E-state index contributed by atoms with van der Waals surface area (Å²) in [4.78, 5) is 11.4. The largest absolute Gasteiger partial charge is 0.368 e. The lowest BCUT2D eigenvalue weighted by atomic mass is 10.1. The van der Waals surface area contributed by atoms with Gasteiger partial charge in [-0.05, 0) is 37.6 Å². The summed E-state index contributed by atoms with van der Waals surface area (Å²) >= 11 is 9.28. The number of nitrogens with one attached hydrogen (secondary N) is 1. The molecule has 0 aliphatic rings. The van der Waals surface area contributed by atoms with E-state index in [1.54, 1.807) is 18.2 Å². The van der Waals surface area contributed by atoms with Crippen LogP contribution in [0.1, 0.15) is 25.5 Å². The predicted octanol–water partition coefficient (Wildman–Crippen LogP) is 2.63. The second kappa shape index (κ2) is 5.66. The van der Waals surface area contributed by atoms with Crippen LogP contribution in [0.15, 0.2) is 22.7 Å². The number of hydrogen-bond acceptors (Lipinski definition) is 2. The molecule has 1 atom stereocenters. The number of rotatable bonds is 4. The summed E-state index contributed by atoms with van der Waals surface area (Å²) in [7, 11) is 0. The molecule has 88 valence electrons. The van der Waals surface area contributed by atoms with E-state index in [-0.39, 0.29) is 6.04 Å². The van der Waals surface area contributed by atoms with Crippen molar-refractivity contribution in [2.45, 2.75) is 25.9 Å². The molecule has 1 unspecified atom stereocenters. The van der Waals surface area contributed by atoms with Crippen molar-refractivity contribution >= 4 is 33.4 Å². The van der Waals surface area contributed by atoms with Crippen molar-refractivity contribution in [3.8, 4) is 0 Å². The van der Waals surface area contributed by atoms with Crippen LogP contribution in [0, 0.1) is 0 Å². The van der Waals surface area contributed by atoms with Gasteiger partial charge >= 0.3 is 0 Å². The molecule has 1 aromatic rings. The molecule has 16 heavy (non-hydrogen) atoms. The van der Waals surface area contributed by atoms with E-state index in [2.05, 4.69) is 21.2 Å². The van der Waals surface area contributed by atoms with E-state index < -0.39 is 11.9 Å². The Morgan fingerprint density at radius 3 is 2.62 bits per heavy atom. The van der Waals surface area contributed by atoms with E-state index in [0.29, 0.717) is 5.02 Å². The number of carbonyl (C=O) groups is 1. The van der Waals surface area contributed by atoms with Gasteiger partial charge in [-0.25, -0.2) is 0 Å². The van der Waals surface area contributed by atoms with Crippen LogP contribution < -0.4 is 11.1 Å². The zero-order chi connectivity index (χ0) is 12.3. The summed E-state index contributed by atoms with van der Waals surface area (Å²) < 4.78 is 0.814. The van der Waals surface area contributed by atoms with Crippen LogP contribution in [0.5, 0.6) is 0 Å². The number of primary amides is 1. The molecule has 0 radical (unpaired) electrons. The lowest BCUT2D eigenvalue weighted by molar-refractivity contribution is -0.120. The standard InChI is InChI=1S/C11H14BrClN2O/c1-6(2)15-10(11(14)16)8-5-7(13)3-4-9(8)12/h3-6,10,15H,1-2H3,(H2,14,16). The first-order chi connectivity index (χ1) is 7.41. The number of amides is 1. The average Bonchev–Trinajstić information content (AvgIpc) is 2.18. The lowest BCUT2D eigenvalue weighted by Gasteiger charge is -2.20. The minimum atomic E-state index is -0.534. The molecule has 0 saturated carbocycles. The zero-order valence-electron chi connectivity index (χ0n) is 9.13. The number of carbonyl (C=O) groups excluding carboxylic acids is 1. The topological polar surface area (TPSA) is 55.1 Å². The van der Waals surface area contributed by atoms with Crippen molar-refractivity contribution in [3.63, 3.8) is 0 Å². The van der Waals surface area contributed by atoms with Gasteiger partial charge in [0.2, 0.25) is 5.91 Å². The van der Waals surface area contributed by atoms with E-state index in [9.17, 15) is 4.79 Å². The first-order valence-electron chi connectivity index (χ1n) is 4.92. The van der Waals surface area contributed by atoms with Crippen LogP contribution in [0.2, 0.25) is 5.02 Å². The van der Waals surface area contributed by atoms with Crippen molar-refractivity contribution in [1.82, 2.24) is 5.32 Å². The molecule has 0 heterocycles. The molecular weight excluding hydrogens is 291 g/mol. The van der Waals surface area contributed by atoms with Gasteiger partial charge in [0, 0.05) is 15.5 Å². The molecule has 0 bridgehead atoms. The maximum absolute atomic E-state index is 11.4. The highest BCUT2D eigenvalue weighted by atomic mass is 79.9. The van der Waals surface area contributed by atoms with Gasteiger partial charge in [0.25, 0.3) is 0 Å². The van der Waals surface area contributed by atoms with Crippen LogP contribution >= 0.6 is 27.5 Å². The Labute approximate surface area is 108 Å². The quantitative estimate of drug-likeness (QED) is 0.898. The number of nitrogens with two attached hydrogens (primary N) is 1. The van der Waals surface area contributed by atoms with Gasteiger partial charge in [0.1, 0.15) is 6.04 Å². The highest BCUT2D eigenvalue weighted by Gasteiger charge is 2.21. The molecule has 1 rings (SSSR count). The van der Waals surface area contributed by atoms with Gasteiger partial charge in [-0.2, -0.15) is 0 Å². The van der Waals surface area contributed by atoms with Gasteiger partial charge in [-0.3, -0.25) is 10.1 Å². The molecule has 0 aliphatic heterocycles. The molecule has 0 saturated heterocycles. The Morgan fingerprint density at radius 2 is 2.12 bits per heavy atom. The van der Waals surface area contributed by atoms with Crippen LogP contribution in [0.4, 0.5) is 0 Å². The minimum absolute atomic E-state index is 0.156. The Hall–Kier alpha value is -0.580. The smallest absolute Gasteiger partial charge is 0.239 e. The Bertz CT molecular complexity index is 396. The first kappa shape index (κ1) is 13.5. The molecule has 1 aromatic carbocycles. The molecule has 1 amide bonds.